The number of carbonyl (C=O) groups excluding carboxylic acids is 3. The van der Waals surface area contributed by atoms with E-state index in [1.807, 2.05) is 12.2 Å². The fourth-order valence-electron chi connectivity index (χ4n) is 1.99. The Balaban J connectivity index is 2.17. The highest BCUT2D eigenvalue weighted by Crippen LogP contribution is 2.35. The van der Waals surface area contributed by atoms with E-state index >= 15 is 0 Å². The molecule has 0 spiro atoms. The number of fused-ring (bicyclic) bond motifs is 1. The smallest absolute Gasteiger partial charge is 0.326 e. The number of nitrogens with zero attached hydrogens (tertiary/aromatic N) is 1. The van der Waals surface area contributed by atoms with Gasteiger partial charge in [-0.15, -0.1) is 5.06 Å². The molecule has 2 atom stereocenters. The molecule has 1 aliphatic carbocycles. The Labute approximate surface area is 92.3 Å². The van der Waals surface area contributed by atoms with Gasteiger partial charge >= 0.3 is 5.97 Å². The van der Waals surface area contributed by atoms with E-state index in [1.54, 1.807) is 0 Å². The number of allylic oxidation sites excluding steroid dienone is 2. The van der Waals surface area contributed by atoms with Crippen molar-refractivity contribution in [1.82, 2.24) is 5.06 Å². The largest absolute Gasteiger partial charge is 0.356 e. The summed E-state index contributed by atoms with van der Waals surface area (Å²) in [6.45, 7) is 3.21. The molecule has 5 heteroatoms. The van der Waals surface area contributed by atoms with Gasteiger partial charge in [-0.1, -0.05) is 18.7 Å². The topological polar surface area (TPSA) is 63.7 Å². The quantitative estimate of drug-likeness (QED) is 0.389. The molecule has 0 aromatic heterocycles. The molecule has 16 heavy (non-hydrogen) atoms. The van der Waals surface area contributed by atoms with Crippen LogP contribution in [0.3, 0.4) is 0 Å². The minimum atomic E-state index is -0.798. The molecule has 1 saturated heterocycles. The fraction of sp³-hybridized carbons (Fsp3) is 0.364. The first-order chi connectivity index (χ1) is 7.65. The number of carbonyl (C=O) groups is 3. The molecular weight excluding hydrogens is 210 g/mol. The summed E-state index contributed by atoms with van der Waals surface area (Å²) in [6.07, 6.45) is 5.70. The van der Waals surface area contributed by atoms with Gasteiger partial charge in [0, 0.05) is 6.08 Å². The zero-order valence-electron chi connectivity index (χ0n) is 8.59. The van der Waals surface area contributed by atoms with E-state index < -0.39 is 17.8 Å². The summed E-state index contributed by atoms with van der Waals surface area (Å²) in [7, 11) is 0. The zero-order chi connectivity index (χ0) is 11.7. The van der Waals surface area contributed by atoms with Crippen LogP contribution in [0.15, 0.2) is 24.8 Å². The van der Waals surface area contributed by atoms with Gasteiger partial charge < -0.3 is 4.84 Å². The first-order valence-electron chi connectivity index (χ1n) is 5.02. The summed E-state index contributed by atoms with van der Waals surface area (Å²) in [5.74, 6) is -2.43. The van der Waals surface area contributed by atoms with Crippen LogP contribution < -0.4 is 0 Å². The molecule has 0 saturated carbocycles. The molecular formula is C11H11NO4. The van der Waals surface area contributed by atoms with Gasteiger partial charge in [-0.05, 0) is 12.8 Å². The Morgan fingerprint density at radius 2 is 1.81 bits per heavy atom. The zero-order valence-corrected chi connectivity index (χ0v) is 8.59. The third-order valence-electron chi connectivity index (χ3n) is 2.82. The van der Waals surface area contributed by atoms with Crippen LogP contribution >= 0.6 is 0 Å². The van der Waals surface area contributed by atoms with E-state index in [2.05, 4.69) is 11.4 Å². The lowest BCUT2D eigenvalue weighted by molar-refractivity contribution is -0.194. The van der Waals surface area contributed by atoms with Gasteiger partial charge in [-0.3, -0.25) is 9.59 Å². The molecule has 5 nitrogen and oxygen atoms in total. The van der Waals surface area contributed by atoms with Crippen molar-refractivity contribution in [3.63, 3.8) is 0 Å². The van der Waals surface area contributed by atoms with Crippen molar-refractivity contribution in [3.05, 3.63) is 24.8 Å². The highest BCUT2D eigenvalue weighted by atomic mass is 16.7. The van der Waals surface area contributed by atoms with Crippen LogP contribution in [0, 0.1) is 11.8 Å². The fourth-order valence-corrected chi connectivity index (χ4v) is 1.99. The molecule has 2 aliphatic rings. The lowest BCUT2D eigenvalue weighted by Crippen LogP contribution is -2.33. The second kappa shape index (κ2) is 3.92. The predicted octanol–water partition coefficient (Wildman–Crippen LogP) is 0.582. The van der Waals surface area contributed by atoms with E-state index in [4.69, 9.17) is 0 Å². The van der Waals surface area contributed by atoms with Crippen molar-refractivity contribution in [3.8, 4) is 0 Å². The maximum Gasteiger partial charge on any atom is 0.356 e. The first kappa shape index (κ1) is 10.6. The average molecular weight is 221 g/mol. The van der Waals surface area contributed by atoms with E-state index in [0.717, 1.165) is 6.08 Å². The van der Waals surface area contributed by atoms with Crippen LogP contribution in [-0.2, 0) is 19.2 Å². The van der Waals surface area contributed by atoms with Crippen molar-refractivity contribution in [2.24, 2.45) is 11.8 Å². The Hall–Kier alpha value is -1.91. The Bertz CT molecular complexity index is 373. The van der Waals surface area contributed by atoms with Crippen molar-refractivity contribution in [2.75, 3.05) is 0 Å². The molecule has 0 bridgehead atoms. The minimum Gasteiger partial charge on any atom is -0.326 e. The maximum atomic E-state index is 11.8. The van der Waals surface area contributed by atoms with Crippen molar-refractivity contribution in [2.45, 2.75) is 12.8 Å². The van der Waals surface area contributed by atoms with Crippen LogP contribution in [0.1, 0.15) is 12.8 Å². The summed E-state index contributed by atoms with van der Waals surface area (Å²) in [4.78, 5) is 39.1. The SMILES string of the molecule is C=CC(=O)ON1C(=O)C2CC=CCC2C1=O. The first-order valence-corrected chi connectivity index (χ1v) is 5.02. The van der Waals surface area contributed by atoms with Gasteiger partial charge in [-0.25, -0.2) is 4.79 Å². The van der Waals surface area contributed by atoms with Crippen molar-refractivity contribution >= 4 is 17.8 Å². The summed E-state index contributed by atoms with van der Waals surface area (Å²) in [6, 6.07) is 0. The third kappa shape index (κ3) is 1.54. The third-order valence-corrected chi connectivity index (χ3v) is 2.82. The number of hydroxylamine groups is 2. The highest BCUT2D eigenvalue weighted by Gasteiger charge is 2.49. The number of rotatable bonds is 2. The van der Waals surface area contributed by atoms with Crippen LogP contribution in [-0.4, -0.2) is 22.8 Å². The summed E-state index contributed by atoms with van der Waals surface area (Å²) in [5, 5.41) is 0.576. The van der Waals surface area contributed by atoms with Gasteiger partial charge in [0.25, 0.3) is 11.8 Å². The molecule has 1 fully saturated rings. The predicted molar refractivity (Wildman–Crippen MR) is 53.5 cm³/mol. The van der Waals surface area contributed by atoms with Gasteiger partial charge in [0.1, 0.15) is 0 Å². The van der Waals surface area contributed by atoms with Gasteiger partial charge in [0.05, 0.1) is 11.8 Å². The molecule has 0 aromatic rings. The lowest BCUT2D eigenvalue weighted by atomic mass is 9.85. The molecule has 1 heterocycles. The molecule has 0 aromatic carbocycles. The normalized spacial score (nSPS) is 27.9. The van der Waals surface area contributed by atoms with E-state index in [-0.39, 0.29) is 11.8 Å². The summed E-state index contributed by atoms with van der Waals surface area (Å²) in [5.41, 5.74) is 0. The molecule has 2 amide bonds. The maximum absolute atomic E-state index is 11.8. The number of hydrogen-bond donors (Lipinski definition) is 0. The molecule has 2 unspecified atom stereocenters. The van der Waals surface area contributed by atoms with E-state index in [9.17, 15) is 14.4 Å². The van der Waals surface area contributed by atoms with Crippen LogP contribution in [0.5, 0.6) is 0 Å². The van der Waals surface area contributed by atoms with Gasteiger partial charge in [0.15, 0.2) is 0 Å². The lowest BCUT2D eigenvalue weighted by Gasteiger charge is -2.14. The van der Waals surface area contributed by atoms with Gasteiger partial charge in [-0.2, -0.15) is 0 Å². The number of imide groups is 1. The molecule has 0 radical (unpaired) electrons. The van der Waals surface area contributed by atoms with E-state index in [1.165, 1.54) is 0 Å². The van der Waals surface area contributed by atoms with E-state index in [0.29, 0.717) is 17.9 Å². The standard InChI is InChI=1S/C11H11NO4/c1-2-9(13)16-12-10(14)7-5-3-4-6-8(7)11(12)15/h2-4,7-8H,1,5-6H2. The number of amides is 2. The van der Waals surface area contributed by atoms with Gasteiger partial charge in [0.2, 0.25) is 0 Å². The van der Waals surface area contributed by atoms with Crippen LogP contribution in [0.4, 0.5) is 0 Å². The second-order valence-corrected chi connectivity index (χ2v) is 3.74. The monoisotopic (exact) mass is 221 g/mol. The molecule has 1 aliphatic heterocycles. The number of hydrogen-bond acceptors (Lipinski definition) is 4. The van der Waals surface area contributed by atoms with Crippen LogP contribution in [0.25, 0.3) is 0 Å². The molecule has 0 N–H and O–H groups in total. The molecule has 84 valence electrons. The van der Waals surface area contributed by atoms with Crippen molar-refractivity contribution < 1.29 is 19.2 Å². The second-order valence-electron chi connectivity index (χ2n) is 3.74. The highest BCUT2D eigenvalue weighted by molar-refractivity contribution is 6.05. The Morgan fingerprint density at radius 3 is 2.25 bits per heavy atom. The minimum absolute atomic E-state index is 0.380. The van der Waals surface area contributed by atoms with Crippen molar-refractivity contribution in [1.29, 1.82) is 0 Å². The summed E-state index contributed by atoms with van der Waals surface area (Å²) < 4.78 is 0. The Kier molecular flexibility index (Phi) is 2.60. The average Bonchev–Trinajstić information content (AvgIpc) is 2.55. The Morgan fingerprint density at radius 1 is 1.31 bits per heavy atom. The van der Waals surface area contributed by atoms with Crippen LogP contribution in [0.2, 0.25) is 0 Å². The summed E-state index contributed by atoms with van der Waals surface area (Å²) >= 11 is 0. The molecule has 2 rings (SSSR count).